The zero-order valence-electron chi connectivity index (χ0n) is 19.0. The molecule has 172 valence electrons. The molecule has 8 heteroatoms. The van der Waals surface area contributed by atoms with Crippen molar-refractivity contribution in [3.8, 4) is 5.69 Å². The van der Waals surface area contributed by atoms with E-state index in [0.717, 1.165) is 28.6 Å². The van der Waals surface area contributed by atoms with Crippen molar-refractivity contribution in [3.63, 3.8) is 0 Å². The first kappa shape index (κ1) is 23.3. The third-order valence-corrected chi connectivity index (χ3v) is 6.45. The normalized spacial score (nSPS) is 11.7. The number of aromatic nitrogens is 2. The molecule has 0 spiro atoms. The van der Waals surface area contributed by atoms with Gasteiger partial charge in [0.15, 0.2) is 5.16 Å². The molecule has 7 nitrogen and oxygen atoms in total. The van der Waals surface area contributed by atoms with Gasteiger partial charge in [-0.05, 0) is 56.2 Å². The van der Waals surface area contributed by atoms with Gasteiger partial charge in [-0.3, -0.25) is 29.8 Å². The molecular formula is C26H24N4O3S. The largest absolute Gasteiger partial charge is 0.272 e. The number of fused-ring (bicyclic) bond motifs is 1. The Morgan fingerprint density at radius 2 is 1.53 bits per heavy atom. The highest BCUT2D eigenvalue weighted by atomic mass is 32.2. The molecule has 2 amide bonds. The maximum atomic E-state index is 13.5. The predicted molar refractivity (Wildman–Crippen MR) is 134 cm³/mol. The van der Waals surface area contributed by atoms with Crippen molar-refractivity contribution in [3.05, 3.63) is 99.8 Å². The van der Waals surface area contributed by atoms with Crippen LogP contribution < -0.4 is 16.4 Å². The molecule has 0 aliphatic carbocycles. The summed E-state index contributed by atoms with van der Waals surface area (Å²) in [5.74, 6) is -0.827. The third kappa shape index (κ3) is 4.72. The minimum atomic E-state index is -0.639. The Kier molecular flexibility index (Phi) is 6.79. The molecular weight excluding hydrogens is 448 g/mol. The number of benzene rings is 3. The number of amides is 2. The number of aryl methyl sites for hydroxylation is 2. The molecule has 34 heavy (non-hydrogen) atoms. The van der Waals surface area contributed by atoms with Gasteiger partial charge in [0.05, 0.1) is 21.8 Å². The molecule has 4 rings (SSSR count). The minimum absolute atomic E-state index is 0.199. The molecule has 0 fully saturated rings. The molecule has 1 aromatic heterocycles. The lowest BCUT2D eigenvalue weighted by atomic mass is 10.1. The van der Waals surface area contributed by atoms with Gasteiger partial charge in [0, 0.05) is 5.56 Å². The molecule has 3 aromatic carbocycles. The molecule has 0 aliphatic heterocycles. The van der Waals surface area contributed by atoms with E-state index in [1.165, 1.54) is 0 Å². The molecule has 4 aromatic rings. The Morgan fingerprint density at radius 1 is 0.882 bits per heavy atom. The highest BCUT2D eigenvalue weighted by Crippen LogP contribution is 2.27. The molecule has 1 unspecified atom stereocenters. The van der Waals surface area contributed by atoms with Gasteiger partial charge in [-0.1, -0.05) is 60.3 Å². The van der Waals surface area contributed by atoms with Crippen LogP contribution in [0.3, 0.4) is 0 Å². The second-order valence-electron chi connectivity index (χ2n) is 7.86. The van der Waals surface area contributed by atoms with Crippen molar-refractivity contribution in [2.75, 3.05) is 0 Å². The molecule has 1 atom stereocenters. The Balaban J connectivity index is 1.65. The SMILES string of the molecule is Cc1cccc(C)c1-n1c(SC(C)C(=O)NNC(=O)c2ccccc2)nc2ccccc2c1=O. The van der Waals surface area contributed by atoms with Crippen LogP contribution in [0.5, 0.6) is 0 Å². The standard InChI is InChI=1S/C26H24N4O3S/c1-16-10-9-11-17(2)22(16)30-25(33)20-14-7-8-15-21(20)27-26(30)34-18(3)23(31)28-29-24(32)19-12-5-4-6-13-19/h4-15,18H,1-3H3,(H,28,31)(H,29,32). The molecule has 2 N–H and O–H groups in total. The summed E-state index contributed by atoms with van der Waals surface area (Å²) in [5.41, 5.74) is 8.28. The predicted octanol–water partition coefficient (Wildman–Crippen LogP) is 3.94. The number of hydrogen-bond acceptors (Lipinski definition) is 5. The molecule has 0 saturated carbocycles. The van der Waals surface area contributed by atoms with Crippen LogP contribution in [0.1, 0.15) is 28.4 Å². The van der Waals surface area contributed by atoms with Gasteiger partial charge in [0.2, 0.25) is 0 Å². The number of thioether (sulfide) groups is 1. The molecule has 1 heterocycles. The second kappa shape index (κ2) is 9.93. The fraction of sp³-hybridized carbons (Fsp3) is 0.154. The maximum Gasteiger partial charge on any atom is 0.269 e. The van der Waals surface area contributed by atoms with Crippen molar-refractivity contribution in [1.82, 2.24) is 20.4 Å². The van der Waals surface area contributed by atoms with E-state index in [-0.39, 0.29) is 5.56 Å². The number of carbonyl (C=O) groups is 2. The molecule has 0 aliphatic rings. The highest BCUT2D eigenvalue weighted by Gasteiger charge is 2.22. The van der Waals surface area contributed by atoms with Gasteiger partial charge < -0.3 is 0 Å². The van der Waals surface area contributed by atoms with Crippen LogP contribution in [0.2, 0.25) is 0 Å². The van der Waals surface area contributed by atoms with Crippen molar-refractivity contribution in [2.45, 2.75) is 31.2 Å². The lowest BCUT2D eigenvalue weighted by Crippen LogP contribution is -2.45. The number of para-hydroxylation sites is 2. The first-order valence-corrected chi connectivity index (χ1v) is 11.6. The van der Waals surface area contributed by atoms with Crippen LogP contribution in [0, 0.1) is 13.8 Å². The Hall–Kier alpha value is -3.91. The van der Waals surface area contributed by atoms with Gasteiger partial charge in [0.25, 0.3) is 17.4 Å². The monoisotopic (exact) mass is 472 g/mol. The second-order valence-corrected chi connectivity index (χ2v) is 9.17. The number of hydrazine groups is 1. The number of nitrogens with zero attached hydrogens (tertiary/aromatic N) is 2. The average Bonchev–Trinajstić information content (AvgIpc) is 2.84. The first-order valence-electron chi connectivity index (χ1n) is 10.8. The molecule has 0 bridgehead atoms. The topological polar surface area (TPSA) is 93.1 Å². The molecule has 0 saturated heterocycles. The van der Waals surface area contributed by atoms with Gasteiger partial charge in [-0.15, -0.1) is 0 Å². The fourth-order valence-corrected chi connectivity index (χ4v) is 4.55. The van der Waals surface area contributed by atoms with Gasteiger partial charge in [0.1, 0.15) is 0 Å². The fourth-order valence-electron chi connectivity index (χ4n) is 3.64. The van der Waals surface area contributed by atoms with E-state index in [0.29, 0.717) is 21.6 Å². The lowest BCUT2D eigenvalue weighted by molar-refractivity contribution is -0.121. The van der Waals surface area contributed by atoms with Crippen LogP contribution in [-0.4, -0.2) is 26.6 Å². The summed E-state index contributed by atoms with van der Waals surface area (Å²) in [6, 6.07) is 21.6. The van der Waals surface area contributed by atoms with E-state index in [9.17, 15) is 14.4 Å². The third-order valence-electron chi connectivity index (χ3n) is 5.39. The summed E-state index contributed by atoms with van der Waals surface area (Å²) in [7, 11) is 0. The summed E-state index contributed by atoms with van der Waals surface area (Å²) in [6.45, 7) is 5.58. The van der Waals surface area contributed by atoms with Crippen LogP contribution >= 0.6 is 11.8 Å². The molecule has 0 radical (unpaired) electrons. The summed E-state index contributed by atoms with van der Waals surface area (Å²) >= 11 is 1.16. The summed E-state index contributed by atoms with van der Waals surface area (Å²) < 4.78 is 1.57. The van der Waals surface area contributed by atoms with Crippen LogP contribution in [0.4, 0.5) is 0 Å². The minimum Gasteiger partial charge on any atom is -0.272 e. The van der Waals surface area contributed by atoms with E-state index in [4.69, 9.17) is 4.98 Å². The van der Waals surface area contributed by atoms with E-state index in [1.807, 2.05) is 38.1 Å². The van der Waals surface area contributed by atoms with Crippen molar-refractivity contribution in [1.29, 1.82) is 0 Å². The maximum absolute atomic E-state index is 13.5. The van der Waals surface area contributed by atoms with Crippen molar-refractivity contribution in [2.24, 2.45) is 0 Å². The zero-order valence-corrected chi connectivity index (χ0v) is 19.8. The summed E-state index contributed by atoms with van der Waals surface area (Å²) in [6.07, 6.45) is 0. The lowest BCUT2D eigenvalue weighted by Gasteiger charge is -2.19. The van der Waals surface area contributed by atoms with E-state index in [1.54, 1.807) is 60.0 Å². The average molecular weight is 473 g/mol. The van der Waals surface area contributed by atoms with Crippen molar-refractivity contribution < 1.29 is 9.59 Å². The Labute approximate surface area is 201 Å². The van der Waals surface area contributed by atoms with Crippen LogP contribution in [0.15, 0.2) is 82.7 Å². The zero-order chi connectivity index (χ0) is 24.2. The summed E-state index contributed by atoms with van der Waals surface area (Å²) in [4.78, 5) is 43.2. The number of nitrogens with one attached hydrogen (secondary N) is 2. The quantitative estimate of drug-likeness (QED) is 0.261. The highest BCUT2D eigenvalue weighted by molar-refractivity contribution is 8.00. The van der Waals surface area contributed by atoms with Gasteiger partial charge in [-0.25, -0.2) is 4.98 Å². The first-order chi connectivity index (χ1) is 16.4. The van der Waals surface area contributed by atoms with Gasteiger partial charge in [-0.2, -0.15) is 0 Å². The Morgan fingerprint density at radius 3 is 2.24 bits per heavy atom. The van der Waals surface area contributed by atoms with E-state index < -0.39 is 17.1 Å². The Bertz CT molecular complexity index is 1410. The van der Waals surface area contributed by atoms with E-state index >= 15 is 0 Å². The van der Waals surface area contributed by atoms with Crippen LogP contribution in [-0.2, 0) is 4.79 Å². The number of hydrogen-bond donors (Lipinski definition) is 2. The van der Waals surface area contributed by atoms with Crippen LogP contribution in [0.25, 0.3) is 16.6 Å². The van der Waals surface area contributed by atoms with Gasteiger partial charge >= 0.3 is 0 Å². The number of rotatable bonds is 5. The number of carbonyl (C=O) groups excluding carboxylic acids is 2. The summed E-state index contributed by atoms with van der Waals surface area (Å²) in [5, 5.41) is 0.263. The van der Waals surface area contributed by atoms with Crippen molar-refractivity contribution >= 4 is 34.5 Å². The smallest absolute Gasteiger partial charge is 0.269 e. The van der Waals surface area contributed by atoms with E-state index in [2.05, 4.69) is 10.9 Å².